The van der Waals surface area contributed by atoms with Gasteiger partial charge >= 0.3 is 0 Å². The Morgan fingerprint density at radius 1 is 1.35 bits per heavy atom. The van der Waals surface area contributed by atoms with Gasteiger partial charge in [-0.25, -0.2) is 0 Å². The molecule has 2 fully saturated rings. The second-order valence-electron chi connectivity index (χ2n) is 5.91. The maximum atomic E-state index is 10.0. The van der Waals surface area contributed by atoms with Crippen LogP contribution in [0.4, 0.5) is 0 Å². The predicted octanol–water partition coefficient (Wildman–Crippen LogP) is 2.15. The molecule has 1 saturated heterocycles. The van der Waals surface area contributed by atoms with Gasteiger partial charge in [0.2, 0.25) is 0 Å². The van der Waals surface area contributed by atoms with Crippen LogP contribution in [-0.2, 0) is 0 Å². The summed E-state index contributed by atoms with van der Waals surface area (Å²) in [4.78, 5) is 2.55. The van der Waals surface area contributed by atoms with Crippen LogP contribution in [0.3, 0.4) is 0 Å². The zero-order valence-corrected chi connectivity index (χ0v) is 12.1. The van der Waals surface area contributed by atoms with E-state index < -0.39 is 0 Å². The second kappa shape index (κ2) is 6.02. The lowest BCUT2D eigenvalue weighted by Gasteiger charge is -2.35. The second-order valence-corrected chi connectivity index (χ2v) is 5.91. The minimum atomic E-state index is 0.251. The van der Waals surface area contributed by atoms with Crippen molar-refractivity contribution in [1.29, 1.82) is 0 Å². The van der Waals surface area contributed by atoms with Gasteiger partial charge in [0.1, 0.15) is 0 Å². The number of benzene rings is 1. The van der Waals surface area contributed by atoms with E-state index in [-0.39, 0.29) is 5.75 Å². The van der Waals surface area contributed by atoms with Gasteiger partial charge in [-0.05, 0) is 30.0 Å². The van der Waals surface area contributed by atoms with Crippen molar-refractivity contribution >= 4 is 0 Å². The molecule has 0 aromatic heterocycles. The highest BCUT2D eigenvalue weighted by Crippen LogP contribution is 2.41. The molecule has 0 spiro atoms. The normalized spacial score (nSPS) is 21.6. The number of piperazine rings is 1. The number of phenols is 1. The van der Waals surface area contributed by atoms with Gasteiger partial charge in [-0.1, -0.05) is 18.9 Å². The summed E-state index contributed by atoms with van der Waals surface area (Å²) in [6, 6.07) is 6.30. The topological polar surface area (TPSA) is 44.7 Å². The molecule has 1 aliphatic heterocycles. The summed E-state index contributed by atoms with van der Waals surface area (Å²) in [5.74, 6) is 1.68. The van der Waals surface area contributed by atoms with Gasteiger partial charge in [-0.15, -0.1) is 0 Å². The van der Waals surface area contributed by atoms with Crippen LogP contribution in [0, 0.1) is 5.92 Å². The molecule has 20 heavy (non-hydrogen) atoms. The summed E-state index contributed by atoms with van der Waals surface area (Å²) in [5.41, 5.74) is 1.22. The summed E-state index contributed by atoms with van der Waals surface area (Å²) in [5, 5.41) is 13.4. The fraction of sp³-hybridized carbons (Fsp3) is 0.625. The SMILES string of the molecule is COc1ccc([C@@H](CC2CC2)N2CCNCC2)cc1O. The van der Waals surface area contributed by atoms with E-state index in [1.807, 2.05) is 12.1 Å². The van der Waals surface area contributed by atoms with E-state index in [4.69, 9.17) is 4.74 Å². The molecule has 0 radical (unpaired) electrons. The van der Waals surface area contributed by atoms with Gasteiger partial charge in [0.15, 0.2) is 11.5 Å². The molecule has 2 aliphatic rings. The molecule has 2 N–H and O–H groups in total. The molecular weight excluding hydrogens is 252 g/mol. The summed E-state index contributed by atoms with van der Waals surface area (Å²) in [6.45, 7) is 4.29. The Hall–Kier alpha value is -1.26. The molecule has 3 rings (SSSR count). The third-order valence-electron chi connectivity index (χ3n) is 4.43. The van der Waals surface area contributed by atoms with Gasteiger partial charge in [-0.3, -0.25) is 4.90 Å². The van der Waals surface area contributed by atoms with Crippen molar-refractivity contribution in [1.82, 2.24) is 10.2 Å². The first-order valence-electron chi connectivity index (χ1n) is 7.59. The van der Waals surface area contributed by atoms with E-state index >= 15 is 0 Å². The minimum Gasteiger partial charge on any atom is -0.504 e. The number of hydrogen-bond donors (Lipinski definition) is 2. The molecule has 0 unspecified atom stereocenters. The number of rotatable bonds is 5. The van der Waals surface area contributed by atoms with Crippen LogP contribution >= 0.6 is 0 Å². The number of hydrogen-bond acceptors (Lipinski definition) is 4. The molecule has 1 aliphatic carbocycles. The van der Waals surface area contributed by atoms with Crippen molar-refractivity contribution < 1.29 is 9.84 Å². The largest absolute Gasteiger partial charge is 0.504 e. The quantitative estimate of drug-likeness (QED) is 0.865. The van der Waals surface area contributed by atoms with Crippen LogP contribution in [0.2, 0.25) is 0 Å². The third kappa shape index (κ3) is 3.07. The van der Waals surface area contributed by atoms with Crippen LogP contribution in [0.25, 0.3) is 0 Å². The Kier molecular flexibility index (Phi) is 4.13. The van der Waals surface area contributed by atoms with Gasteiger partial charge in [0.05, 0.1) is 7.11 Å². The van der Waals surface area contributed by atoms with Crippen molar-refractivity contribution in [3.05, 3.63) is 23.8 Å². The molecule has 4 nitrogen and oxygen atoms in total. The van der Waals surface area contributed by atoms with E-state index in [0.29, 0.717) is 11.8 Å². The van der Waals surface area contributed by atoms with Crippen molar-refractivity contribution in [2.24, 2.45) is 5.92 Å². The highest BCUT2D eigenvalue weighted by molar-refractivity contribution is 5.42. The summed E-state index contributed by atoms with van der Waals surface area (Å²) < 4.78 is 5.15. The van der Waals surface area contributed by atoms with Gasteiger partial charge < -0.3 is 15.2 Å². The first-order valence-corrected chi connectivity index (χ1v) is 7.59. The van der Waals surface area contributed by atoms with E-state index in [1.165, 1.54) is 24.8 Å². The molecule has 4 heteroatoms. The number of phenolic OH excluding ortho intramolecular Hbond substituents is 1. The fourth-order valence-corrected chi connectivity index (χ4v) is 3.07. The smallest absolute Gasteiger partial charge is 0.160 e. The molecule has 110 valence electrons. The average Bonchev–Trinajstić information content (AvgIpc) is 3.30. The molecule has 1 aromatic carbocycles. The van der Waals surface area contributed by atoms with E-state index in [2.05, 4.69) is 16.3 Å². The lowest BCUT2D eigenvalue weighted by Crippen LogP contribution is -2.45. The van der Waals surface area contributed by atoms with Gasteiger partial charge in [-0.2, -0.15) is 0 Å². The Balaban J connectivity index is 1.81. The Morgan fingerprint density at radius 2 is 2.10 bits per heavy atom. The van der Waals surface area contributed by atoms with E-state index in [0.717, 1.165) is 32.1 Å². The van der Waals surface area contributed by atoms with Crippen LogP contribution in [-0.4, -0.2) is 43.3 Å². The fourth-order valence-electron chi connectivity index (χ4n) is 3.07. The van der Waals surface area contributed by atoms with Gasteiger partial charge in [0.25, 0.3) is 0 Å². The molecular formula is C16H24N2O2. The van der Waals surface area contributed by atoms with Crippen molar-refractivity contribution in [2.75, 3.05) is 33.3 Å². The Labute approximate surface area is 120 Å². The lowest BCUT2D eigenvalue weighted by molar-refractivity contribution is 0.160. The maximum absolute atomic E-state index is 10.0. The van der Waals surface area contributed by atoms with E-state index in [9.17, 15) is 5.11 Å². The molecule has 0 amide bonds. The van der Waals surface area contributed by atoms with Crippen LogP contribution in [0.15, 0.2) is 18.2 Å². The van der Waals surface area contributed by atoms with Crippen LogP contribution in [0.1, 0.15) is 30.9 Å². The zero-order valence-electron chi connectivity index (χ0n) is 12.1. The van der Waals surface area contributed by atoms with Crippen LogP contribution < -0.4 is 10.1 Å². The first-order chi connectivity index (χ1) is 9.78. The molecule has 1 aromatic rings. The van der Waals surface area contributed by atoms with Crippen molar-refractivity contribution in [3.8, 4) is 11.5 Å². The van der Waals surface area contributed by atoms with Crippen molar-refractivity contribution in [2.45, 2.75) is 25.3 Å². The Bertz CT molecular complexity index is 454. The molecule has 1 atom stereocenters. The predicted molar refractivity (Wildman–Crippen MR) is 79.2 cm³/mol. The minimum absolute atomic E-state index is 0.251. The average molecular weight is 276 g/mol. The monoisotopic (exact) mass is 276 g/mol. The maximum Gasteiger partial charge on any atom is 0.160 e. The number of nitrogens with zero attached hydrogens (tertiary/aromatic N) is 1. The number of nitrogens with one attached hydrogen (secondary N) is 1. The first kappa shape index (κ1) is 13.7. The van der Waals surface area contributed by atoms with Crippen LogP contribution in [0.5, 0.6) is 11.5 Å². The number of aromatic hydroxyl groups is 1. The zero-order chi connectivity index (χ0) is 13.9. The molecule has 0 bridgehead atoms. The Morgan fingerprint density at radius 3 is 2.70 bits per heavy atom. The highest BCUT2D eigenvalue weighted by atomic mass is 16.5. The summed E-state index contributed by atoms with van der Waals surface area (Å²) in [7, 11) is 1.59. The number of ether oxygens (including phenoxy) is 1. The molecule has 1 heterocycles. The molecule has 1 saturated carbocycles. The van der Waals surface area contributed by atoms with E-state index in [1.54, 1.807) is 7.11 Å². The standard InChI is InChI=1S/C16H24N2O2/c1-20-16-5-4-13(11-15(16)19)14(10-12-2-3-12)18-8-6-17-7-9-18/h4-5,11-12,14,17,19H,2-3,6-10H2,1H3/t14-/m1/s1. The lowest BCUT2D eigenvalue weighted by atomic mass is 9.98. The summed E-state index contributed by atoms with van der Waals surface area (Å²) >= 11 is 0. The van der Waals surface area contributed by atoms with Gasteiger partial charge in [0, 0.05) is 32.2 Å². The van der Waals surface area contributed by atoms with Crippen molar-refractivity contribution in [3.63, 3.8) is 0 Å². The third-order valence-corrected chi connectivity index (χ3v) is 4.43. The summed E-state index contributed by atoms with van der Waals surface area (Å²) in [6.07, 6.45) is 3.95. The highest BCUT2D eigenvalue weighted by Gasteiger charge is 2.30. The number of methoxy groups -OCH3 is 1.